The van der Waals surface area contributed by atoms with Gasteiger partial charge in [0.15, 0.2) is 11.5 Å². The summed E-state index contributed by atoms with van der Waals surface area (Å²) in [5.41, 5.74) is 4.45. The fourth-order valence-electron chi connectivity index (χ4n) is 3.67. The Morgan fingerprint density at radius 1 is 0.884 bits per heavy atom. The third-order valence-electron chi connectivity index (χ3n) is 5.79. The molecule has 11 nitrogen and oxygen atoms in total. The van der Waals surface area contributed by atoms with E-state index >= 15 is 0 Å². The Labute approximate surface area is 250 Å². The molecule has 4 aromatic carbocycles. The van der Waals surface area contributed by atoms with E-state index in [0.29, 0.717) is 27.4 Å². The van der Waals surface area contributed by atoms with E-state index in [-0.39, 0.29) is 22.7 Å². The first-order valence-electron chi connectivity index (χ1n) is 12.6. The lowest BCUT2D eigenvalue weighted by Crippen LogP contribution is -2.18. The number of esters is 1. The van der Waals surface area contributed by atoms with E-state index in [4.69, 9.17) is 21.1 Å². The molecule has 0 aliphatic heterocycles. The number of nitrogens with one attached hydrogen (secondary N) is 2. The molecule has 0 atom stereocenters. The fraction of sp³-hybridized carbons (Fsp3) is 0.0323. The molecule has 216 valence electrons. The van der Waals surface area contributed by atoms with Crippen LogP contribution in [0.1, 0.15) is 31.8 Å². The predicted octanol–water partition coefficient (Wildman–Crippen LogP) is 5.89. The van der Waals surface area contributed by atoms with Crippen LogP contribution in [0.3, 0.4) is 0 Å². The second-order valence-electron chi connectivity index (χ2n) is 8.73. The molecular formula is C31H23ClN4O7. The van der Waals surface area contributed by atoms with Gasteiger partial charge in [0.2, 0.25) is 0 Å². The number of hydrogen-bond donors (Lipinski definition) is 2. The van der Waals surface area contributed by atoms with E-state index in [0.717, 1.165) is 0 Å². The van der Waals surface area contributed by atoms with Crippen molar-refractivity contribution in [1.29, 1.82) is 0 Å². The van der Waals surface area contributed by atoms with E-state index in [1.54, 1.807) is 54.6 Å². The van der Waals surface area contributed by atoms with Crippen molar-refractivity contribution in [3.8, 4) is 11.5 Å². The number of amides is 2. The molecule has 0 aromatic heterocycles. The number of non-ortho nitro benzene ring substituents is 1. The van der Waals surface area contributed by atoms with Crippen molar-refractivity contribution < 1.29 is 28.8 Å². The number of nitro groups is 1. The average molecular weight is 599 g/mol. The Hall–Kier alpha value is -5.81. The quantitative estimate of drug-likeness (QED) is 0.0577. The molecule has 0 unspecified atom stereocenters. The standard InChI is InChI=1S/C31H23ClN4O7/c1-42-28-17-21(11-15-27(28)43-29(37)16-12-20-9-13-24(14-10-20)36(40)41)19-33-35-30(38)22-5-4-6-23(18-22)34-31(39)25-7-2-3-8-26(25)32/h2-19H,1H3,(H,34,39)(H,35,38)/b16-12+,33-19?. The minimum Gasteiger partial charge on any atom is -0.493 e. The first-order chi connectivity index (χ1) is 20.7. The summed E-state index contributed by atoms with van der Waals surface area (Å²) in [6, 6.07) is 23.3. The van der Waals surface area contributed by atoms with Gasteiger partial charge in [-0.3, -0.25) is 19.7 Å². The Balaban J connectivity index is 1.34. The summed E-state index contributed by atoms with van der Waals surface area (Å²) >= 11 is 6.08. The Kier molecular flexibility index (Phi) is 9.95. The van der Waals surface area contributed by atoms with Crippen molar-refractivity contribution in [2.24, 2.45) is 5.10 Å². The number of carbonyl (C=O) groups is 3. The molecule has 12 heteroatoms. The number of hydrazone groups is 1. The normalized spacial score (nSPS) is 10.8. The summed E-state index contributed by atoms with van der Waals surface area (Å²) in [6.45, 7) is 0. The molecule has 0 bridgehead atoms. The number of carbonyl (C=O) groups excluding carboxylic acids is 3. The van der Waals surface area contributed by atoms with Crippen LogP contribution in [0.4, 0.5) is 11.4 Å². The van der Waals surface area contributed by atoms with Crippen molar-refractivity contribution in [3.63, 3.8) is 0 Å². The number of methoxy groups -OCH3 is 1. The number of nitrogens with zero attached hydrogens (tertiary/aromatic N) is 2. The minimum atomic E-state index is -0.685. The molecule has 0 saturated heterocycles. The van der Waals surface area contributed by atoms with E-state index in [2.05, 4.69) is 15.8 Å². The van der Waals surface area contributed by atoms with Crippen LogP contribution in [0.25, 0.3) is 6.08 Å². The van der Waals surface area contributed by atoms with Crippen LogP contribution < -0.4 is 20.2 Å². The molecule has 0 saturated carbocycles. The van der Waals surface area contributed by atoms with Crippen LogP contribution in [0.15, 0.2) is 102 Å². The van der Waals surface area contributed by atoms with Crippen LogP contribution in [0, 0.1) is 10.1 Å². The second-order valence-corrected chi connectivity index (χ2v) is 9.13. The van der Waals surface area contributed by atoms with E-state index < -0.39 is 22.7 Å². The summed E-state index contributed by atoms with van der Waals surface area (Å²) in [5.74, 6) is -1.21. The monoisotopic (exact) mass is 598 g/mol. The van der Waals surface area contributed by atoms with Gasteiger partial charge in [0.25, 0.3) is 17.5 Å². The number of hydrogen-bond acceptors (Lipinski definition) is 8. The Morgan fingerprint density at radius 3 is 2.35 bits per heavy atom. The zero-order chi connectivity index (χ0) is 30.8. The third-order valence-corrected chi connectivity index (χ3v) is 6.12. The lowest BCUT2D eigenvalue weighted by atomic mass is 10.1. The maximum Gasteiger partial charge on any atom is 0.336 e. The fourth-order valence-corrected chi connectivity index (χ4v) is 3.90. The van der Waals surface area contributed by atoms with Gasteiger partial charge in [-0.25, -0.2) is 10.2 Å². The SMILES string of the molecule is COc1cc(C=NNC(=O)c2cccc(NC(=O)c3ccccc3Cl)c2)ccc1OC(=O)/C=C/c1ccc([N+](=O)[O-])cc1. The van der Waals surface area contributed by atoms with Crippen LogP contribution >= 0.6 is 11.6 Å². The lowest BCUT2D eigenvalue weighted by molar-refractivity contribution is -0.384. The van der Waals surface area contributed by atoms with Crippen LogP contribution in [0.5, 0.6) is 11.5 Å². The number of anilines is 1. The van der Waals surface area contributed by atoms with Gasteiger partial charge in [-0.05, 0) is 77.9 Å². The zero-order valence-electron chi connectivity index (χ0n) is 22.5. The van der Waals surface area contributed by atoms with Gasteiger partial charge in [0.05, 0.1) is 28.8 Å². The van der Waals surface area contributed by atoms with E-state index in [1.165, 1.54) is 61.9 Å². The molecule has 4 rings (SSSR count). The zero-order valence-corrected chi connectivity index (χ0v) is 23.3. The van der Waals surface area contributed by atoms with E-state index in [9.17, 15) is 24.5 Å². The van der Waals surface area contributed by atoms with Gasteiger partial charge in [-0.15, -0.1) is 0 Å². The molecule has 0 aliphatic rings. The molecule has 0 radical (unpaired) electrons. The van der Waals surface area contributed by atoms with Gasteiger partial charge < -0.3 is 14.8 Å². The van der Waals surface area contributed by atoms with Gasteiger partial charge in [-0.1, -0.05) is 29.8 Å². The molecule has 2 amide bonds. The summed E-state index contributed by atoms with van der Waals surface area (Å²) in [6.07, 6.45) is 4.02. The molecule has 0 fully saturated rings. The number of rotatable bonds is 10. The second kappa shape index (κ2) is 14.2. The number of benzene rings is 4. The summed E-state index contributed by atoms with van der Waals surface area (Å²) in [7, 11) is 1.40. The predicted molar refractivity (Wildman–Crippen MR) is 162 cm³/mol. The number of ether oxygens (including phenoxy) is 2. The highest BCUT2D eigenvalue weighted by Crippen LogP contribution is 2.28. The maximum absolute atomic E-state index is 12.6. The number of halogens is 1. The molecule has 0 heterocycles. The highest BCUT2D eigenvalue weighted by Gasteiger charge is 2.12. The molecule has 0 aliphatic carbocycles. The third kappa shape index (κ3) is 8.35. The van der Waals surface area contributed by atoms with Crippen molar-refractivity contribution in [3.05, 3.63) is 134 Å². The first kappa shape index (κ1) is 30.2. The Morgan fingerprint density at radius 2 is 1.63 bits per heavy atom. The van der Waals surface area contributed by atoms with Gasteiger partial charge in [-0.2, -0.15) is 5.10 Å². The molecular weight excluding hydrogens is 576 g/mol. The molecule has 43 heavy (non-hydrogen) atoms. The van der Waals surface area contributed by atoms with Crippen molar-refractivity contribution in [1.82, 2.24) is 5.43 Å². The molecule has 0 spiro atoms. The first-order valence-corrected chi connectivity index (χ1v) is 12.9. The average Bonchev–Trinajstić information content (AvgIpc) is 3.01. The van der Waals surface area contributed by atoms with E-state index in [1.807, 2.05) is 0 Å². The smallest absolute Gasteiger partial charge is 0.336 e. The highest BCUT2D eigenvalue weighted by atomic mass is 35.5. The Bertz CT molecular complexity index is 1740. The topological polar surface area (TPSA) is 149 Å². The summed E-state index contributed by atoms with van der Waals surface area (Å²) in [5, 5.41) is 17.7. The lowest BCUT2D eigenvalue weighted by Gasteiger charge is -2.09. The summed E-state index contributed by atoms with van der Waals surface area (Å²) < 4.78 is 10.6. The molecule has 2 N–H and O–H groups in total. The number of nitro benzene ring substituents is 1. The van der Waals surface area contributed by atoms with Gasteiger partial charge in [0.1, 0.15) is 0 Å². The molecule has 4 aromatic rings. The minimum absolute atomic E-state index is 0.0579. The maximum atomic E-state index is 12.6. The largest absolute Gasteiger partial charge is 0.493 e. The van der Waals surface area contributed by atoms with Crippen LogP contribution in [-0.2, 0) is 4.79 Å². The highest BCUT2D eigenvalue weighted by molar-refractivity contribution is 6.34. The van der Waals surface area contributed by atoms with Crippen molar-refractivity contribution in [2.75, 3.05) is 12.4 Å². The van der Waals surface area contributed by atoms with Gasteiger partial charge in [0, 0.05) is 29.5 Å². The summed E-state index contributed by atoms with van der Waals surface area (Å²) in [4.78, 5) is 47.7. The van der Waals surface area contributed by atoms with Crippen LogP contribution in [0.2, 0.25) is 5.02 Å². The van der Waals surface area contributed by atoms with Gasteiger partial charge >= 0.3 is 5.97 Å². The van der Waals surface area contributed by atoms with Crippen molar-refractivity contribution in [2.45, 2.75) is 0 Å². The van der Waals surface area contributed by atoms with Crippen molar-refractivity contribution >= 4 is 53.0 Å². The van der Waals surface area contributed by atoms with Crippen LogP contribution in [-0.4, -0.2) is 36.0 Å².